The monoisotopic (exact) mass is 276 g/mol. The van der Waals surface area contributed by atoms with Crippen molar-refractivity contribution in [3.8, 4) is 0 Å². The van der Waals surface area contributed by atoms with Gasteiger partial charge >= 0.3 is 0 Å². The van der Waals surface area contributed by atoms with E-state index in [1.807, 2.05) is 0 Å². The molecule has 2 unspecified atom stereocenters. The van der Waals surface area contributed by atoms with Crippen molar-refractivity contribution in [2.75, 3.05) is 26.3 Å². The summed E-state index contributed by atoms with van der Waals surface area (Å²) in [4.78, 5) is 2.50. The first-order valence-corrected chi connectivity index (χ1v) is 7.65. The maximum Gasteiger partial charge on any atom is 0.0594 e. The van der Waals surface area contributed by atoms with Gasteiger partial charge in [-0.25, -0.2) is 0 Å². The van der Waals surface area contributed by atoms with Gasteiger partial charge in [0, 0.05) is 24.7 Å². The van der Waals surface area contributed by atoms with Crippen molar-refractivity contribution in [3.05, 3.63) is 34.9 Å². The standard InChI is InChI=1S/C17H28N2O/c1-5-17(4,19-9-11-20-12-10-19)16(18)15-8-6-7-13(2)14(15)3/h6-8,16H,5,9-12,18H2,1-4H3. The van der Waals surface area contributed by atoms with Gasteiger partial charge in [0.25, 0.3) is 0 Å². The molecule has 2 rings (SSSR count). The molecule has 112 valence electrons. The molecule has 1 aromatic rings. The normalized spacial score (nSPS) is 21.4. The molecule has 1 saturated heterocycles. The van der Waals surface area contributed by atoms with Crippen LogP contribution >= 0.6 is 0 Å². The zero-order valence-corrected chi connectivity index (χ0v) is 13.3. The zero-order valence-electron chi connectivity index (χ0n) is 13.3. The van der Waals surface area contributed by atoms with Crippen LogP contribution in [0.4, 0.5) is 0 Å². The molecule has 1 heterocycles. The second-order valence-electron chi connectivity index (χ2n) is 6.08. The van der Waals surface area contributed by atoms with Crippen LogP contribution in [0.5, 0.6) is 0 Å². The third kappa shape index (κ3) is 2.76. The fourth-order valence-electron chi connectivity index (χ4n) is 3.16. The predicted molar refractivity (Wildman–Crippen MR) is 83.9 cm³/mol. The van der Waals surface area contributed by atoms with Crippen LogP contribution in [-0.4, -0.2) is 36.7 Å². The maximum atomic E-state index is 6.70. The summed E-state index contributed by atoms with van der Waals surface area (Å²) in [6, 6.07) is 6.49. The first-order valence-electron chi connectivity index (χ1n) is 7.65. The van der Waals surface area contributed by atoms with Crippen LogP contribution in [0.1, 0.15) is 43.0 Å². The average Bonchev–Trinajstić information content (AvgIpc) is 2.49. The maximum absolute atomic E-state index is 6.70. The third-order valence-electron chi connectivity index (χ3n) is 5.10. The molecule has 0 amide bonds. The first-order chi connectivity index (χ1) is 9.50. The minimum absolute atomic E-state index is 0.0116. The molecular formula is C17H28N2O. The SMILES string of the molecule is CCC(C)(C(N)c1cccc(C)c1C)N1CCOCC1. The molecule has 3 nitrogen and oxygen atoms in total. The van der Waals surface area contributed by atoms with Gasteiger partial charge in [-0.2, -0.15) is 0 Å². The molecule has 0 aliphatic carbocycles. The van der Waals surface area contributed by atoms with Crippen molar-refractivity contribution in [2.24, 2.45) is 5.73 Å². The van der Waals surface area contributed by atoms with Gasteiger partial charge in [0.15, 0.2) is 0 Å². The zero-order chi connectivity index (χ0) is 14.8. The van der Waals surface area contributed by atoms with E-state index in [-0.39, 0.29) is 11.6 Å². The van der Waals surface area contributed by atoms with Crippen molar-refractivity contribution in [1.82, 2.24) is 4.90 Å². The molecule has 0 radical (unpaired) electrons. The summed E-state index contributed by atoms with van der Waals surface area (Å²) in [6.45, 7) is 12.4. The van der Waals surface area contributed by atoms with Gasteiger partial charge in [0.1, 0.15) is 0 Å². The summed E-state index contributed by atoms with van der Waals surface area (Å²) in [6.07, 6.45) is 1.04. The summed E-state index contributed by atoms with van der Waals surface area (Å²) in [5.74, 6) is 0. The van der Waals surface area contributed by atoms with Crippen LogP contribution in [0.15, 0.2) is 18.2 Å². The Morgan fingerprint density at radius 2 is 1.95 bits per heavy atom. The van der Waals surface area contributed by atoms with Crippen LogP contribution in [0, 0.1) is 13.8 Å². The van der Waals surface area contributed by atoms with Crippen LogP contribution in [0.3, 0.4) is 0 Å². The van der Waals surface area contributed by atoms with Crippen molar-refractivity contribution >= 4 is 0 Å². The van der Waals surface area contributed by atoms with Gasteiger partial charge in [-0.15, -0.1) is 0 Å². The Morgan fingerprint density at radius 3 is 2.55 bits per heavy atom. The fourth-order valence-corrected chi connectivity index (χ4v) is 3.16. The molecule has 2 N–H and O–H groups in total. The molecule has 1 aliphatic heterocycles. The quantitative estimate of drug-likeness (QED) is 0.919. The van der Waals surface area contributed by atoms with Crippen molar-refractivity contribution in [3.63, 3.8) is 0 Å². The first kappa shape index (κ1) is 15.5. The molecule has 0 spiro atoms. The lowest BCUT2D eigenvalue weighted by Crippen LogP contribution is -2.56. The topological polar surface area (TPSA) is 38.5 Å². The van der Waals surface area contributed by atoms with Crippen LogP contribution in [-0.2, 0) is 4.74 Å². The number of nitrogens with zero attached hydrogens (tertiary/aromatic N) is 1. The van der Waals surface area contributed by atoms with E-state index in [1.165, 1.54) is 16.7 Å². The molecule has 0 saturated carbocycles. The Hall–Kier alpha value is -0.900. The van der Waals surface area contributed by atoms with Crippen LogP contribution < -0.4 is 5.73 Å². The highest BCUT2D eigenvalue weighted by Crippen LogP contribution is 2.35. The highest BCUT2D eigenvalue weighted by molar-refractivity contribution is 5.37. The molecule has 0 aromatic heterocycles. The average molecular weight is 276 g/mol. The summed E-state index contributed by atoms with van der Waals surface area (Å²) in [7, 11) is 0. The van der Waals surface area contributed by atoms with Crippen molar-refractivity contribution < 1.29 is 4.74 Å². The lowest BCUT2D eigenvalue weighted by Gasteiger charge is -2.47. The van der Waals surface area contributed by atoms with Crippen molar-refractivity contribution in [1.29, 1.82) is 0 Å². The Labute approximate surface area is 123 Å². The van der Waals surface area contributed by atoms with E-state index < -0.39 is 0 Å². The Morgan fingerprint density at radius 1 is 1.30 bits per heavy atom. The number of ether oxygens (including phenoxy) is 1. The van der Waals surface area contributed by atoms with E-state index >= 15 is 0 Å². The summed E-state index contributed by atoms with van der Waals surface area (Å²) < 4.78 is 5.49. The van der Waals surface area contributed by atoms with Crippen molar-refractivity contribution in [2.45, 2.75) is 45.7 Å². The Bertz CT molecular complexity index is 454. The molecular weight excluding hydrogens is 248 g/mol. The van der Waals surface area contributed by atoms with Gasteiger partial charge in [0.05, 0.1) is 13.2 Å². The number of hydrogen-bond acceptors (Lipinski definition) is 3. The third-order valence-corrected chi connectivity index (χ3v) is 5.10. The van der Waals surface area contributed by atoms with E-state index in [9.17, 15) is 0 Å². The van der Waals surface area contributed by atoms with Gasteiger partial charge in [0.2, 0.25) is 0 Å². The highest BCUT2D eigenvalue weighted by Gasteiger charge is 2.38. The molecule has 1 aliphatic rings. The Kier molecular flexibility index (Phi) is 4.84. The smallest absolute Gasteiger partial charge is 0.0594 e. The molecule has 20 heavy (non-hydrogen) atoms. The lowest BCUT2D eigenvalue weighted by molar-refractivity contribution is -0.0278. The van der Waals surface area contributed by atoms with Gasteiger partial charge in [-0.1, -0.05) is 25.1 Å². The fraction of sp³-hybridized carbons (Fsp3) is 0.647. The second kappa shape index (κ2) is 6.25. The van der Waals surface area contributed by atoms with E-state index in [0.29, 0.717) is 0 Å². The predicted octanol–water partition coefficient (Wildman–Crippen LogP) is 2.80. The molecule has 3 heteroatoms. The molecule has 2 atom stereocenters. The van der Waals surface area contributed by atoms with E-state index in [2.05, 4.69) is 50.8 Å². The van der Waals surface area contributed by atoms with Gasteiger partial charge in [-0.05, 0) is 43.9 Å². The summed E-state index contributed by atoms with van der Waals surface area (Å²) in [5.41, 5.74) is 10.6. The molecule has 1 aromatic carbocycles. The van der Waals surface area contributed by atoms with E-state index in [1.54, 1.807) is 0 Å². The minimum atomic E-state index is -0.0116. The van der Waals surface area contributed by atoms with E-state index in [4.69, 9.17) is 10.5 Å². The number of morpholine rings is 1. The largest absolute Gasteiger partial charge is 0.379 e. The Balaban J connectivity index is 2.32. The molecule has 0 bridgehead atoms. The number of aryl methyl sites for hydroxylation is 1. The number of nitrogens with two attached hydrogens (primary N) is 1. The number of hydrogen-bond donors (Lipinski definition) is 1. The lowest BCUT2D eigenvalue weighted by atomic mass is 9.81. The van der Waals surface area contributed by atoms with Crippen LogP contribution in [0.2, 0.25) is 0 Å². The summed E-state index contributed by atoms with van der Waals surface area (Å²) >= 11 is 0. The van der Waals surface area contributed by atoms with Gasteiger partial charge in [-0.3, -0.25) is 4.90 Å². The van der Waals surface area contributed by atoms with E-state index in [0.717, 1.165) is 32.7 Å². The number of benzene rings is 1. The highest BCUT2D eigenvalue weighted by atomic mass is 16.5. The van der Waals surface area contributed by atoms with Gasteiger partial charge < -0.3 is 10.5 Å². The summed E-state index contributed by atoms with van der Waals surface area (Å²) in [5, 5.41) is 0. The second-order valence-corrected chi connectivity index (χ2v) is 6.08. The number of rotatable bonds is 4. The van der Waals surface area contributed by atoms with Crippen LogP contribution in [0.25, 0.3) is 0 Å². The minimum Gasteiger partial charge on any atom is -0.379 e. The molecule has 1 fully saturated rings.